The molecule has 0 spiro atoms. The van der Waals surface area contributed by atoms with Crippen LogP contribution in [0.25, 0.3) is 0 Å². The van der Waals surface area contributed by atoms with Gasteiger partial charge in [0.1, 0.15) is 0 Å². The van der Waals surface area contributed by atoms with E-state index in [4.69, 9.17) is 0 Å². The summed E-state index contributed by atoms with van der Waals surface area (Å²) in [7, 11) is 0. The molecule has 20 heavy (non-hydrogen) atoms. The molecular weight excluding hydrogens is 244 g/mol. The molecule has 0 aromatic carbocycles. The number of rotatable bonds is 2. The van der Waals surface area contributed by atoms with Crippen molar-refractivity contribution in [3.63, 3.8) is 0 Å². The Morgan fingerprint density at radius 1 is 0.750 bits per heavy atom. The molecule has 0 fully saturated rings. The molecule has 0 atom stereocenters. The summed E-state index contributed by atoms with van der Waals surface area (Å²) in [6.07, 6.45) is 15.7. The van der Waals surface area contributed by atoms with E-state index in [1.54, 1.807) is 0 Å². The quantitative estimate of drug-likeness (QED) is 0.689. The second-order valence-electron chi connectivity index (χ2n) is 6.41. The van der Waals surface area contributed by atoms with Crippen LogP contribution in [0.15, 0.2) is 24.4 Å². The van der Waals surface area contributed by atoms with Gasteiger partial charge in [0.15, 0.2) is 0 Å². The van der Waals surface area contributed by atoms with Gasteiger partial charge in [0, 0.05) is 25.2 Å². The van der Waals surface area contributed by atoms with Gasteiger partial charge in [-0.1, -0.05) is 18.2 Å². The molecule has 0 aromatic rings. The summed E-state index contributed by atoms with van der Waals surface area (Å²) in [5.74, 6) is 0. The summed E-state index contributed by atoms with van der Waals surface area (Å²) in [5, 5.41) is 0. The Bertz CT molecular complexity index is 292. The molecule has 2 heterocycles. The van der Waals surface area contributed by atoms with Crippen molar-refractivity contribution in [2.75, 3.05) is 19.6 Å². The maximum atomic E-state index is 2.50. The molecule has 0 radical (unpaired) electrons. The zero-order valence-electron chi connectivity index (χ0n) is 14.0. The van der Waals surface area contributed by atoms with Gasteiger partial charge in [-0.2, -0.15) is 0 Å². The van der Waals surface area contributed by atoms with Crippen LogP contribution in [0.4, 0.5) is 0 Å². The summed E-state index contributed by atoms with van der Waals surface area (Å²) < 4.78 is 0. The van der Waals surface area contributed by atoms with E-state index in [2.05, 4.69) is 61.9 Å². The molecule has 2 aliphatic heterocycles. The highest BCUT2D eigenvalue weighted by molar-refractivity contribution is 4.89. The van der Waals surface area contributed by atoms with Crippen molar-refractivity contribution in [3.8, 4) is 0 Å². The highest BCUT2D eigenvalue weighted by Gasteiger charge is 2.07. The predicted molar refractivity (Wildman–Crippen MR) is 89.9 cm³/mol. The molecule has 0 N–H and O–H groups in total. The highest BCUT2D eigenvalue weighted by atomic mass is 15.1. The van der Waals surface area contributed by atoms with Gasteiger partial charge in [0.25, 0.3) is 0 Å². The predicted octanol–water partition coefficient (Wildman–Crippen LogP) is 4.44. The van der Waals surface area contributed by atoms with Crippen molar-refractivity contribution in [1.29, 1.82) is 0 Å². The standard InChI is InChI=1S/2C9H17N/c2*1-9(2)10-7-5-3-4-6-8-10/h5,7,9H,3-4,6,8H2,1-2H3;3,5,9H,4,6-8H2,1-2H3. The first-order chi connectivity index (χ1) is 9.61. The average Bonchev–Trinajstić information content (AvgIpc) is 2.84. The largest absolute Gasteiger partial charge is 0.375 e. The van der Waals surface area contributed by atoms with Crippen LogP contribution in [0.2, 0.25) is 0 Å². The van der Waals surface area contributed by atoms with Crippen LogP contribution < -0.4 is 0 Å². The fraction of sp³-hybridized carbons (Fsp3) is 0.778. The first kappa shape index (κ1) is 17.3. The van der Waals surface area contributed by atoms with E-state index in [1.807, 2.05) is 0 Å². The van der Waals surface area contributed by atoms with E-state index in [0.29, 0.717) is 12.1 Å². The van der Waals surface area contributed by atoms with Crippen LogP contribution in [0.3, 0.4) is 0 Å². The van der Waals surface area contributed by atoms with Crippen LogP contribution >= 0.6 is 0 Å². The Morgan fingerprint density at radius 3 is 2.20 bits per heavy atom. The van der Waals surface area contributed by atoms with Gasteiger partial charge in [-0.05, 0) is 72.5 Å². The highest BCUT2D eigenvalue weighted by Crippen LogP contribution is 2.09. The van der Waals surface area contributed by atoms with Gasteiger partial charge in [-0.15, -0.1) is 0 Å². The molecule has 0 aliphatic carbocycles. The molecule has 2 nitrogen and oxygen atoms in total. The molecule has 0 saturated carbocycles. The smallest absolute Gasteiger partial charge is 0.0227 e. The Hall–Kier alpha value is -0.760. The van der Waals surface area contributed by atoms with Crippen molar-refractivity contribution in [1.82, 2.24) is 9.80 Å². The summed E-state index contributed by atoms with van der Waals surface area (Å²) >= 11 is 0. The van der Waals surface area contributed by atoms with Crippen molar-refractivity contribution < 1.29 is 0 Å². The van der Waals surface area contributed by atoms with E-state index in [9.17, 15) is 0 Å². The lowest BCUT2D eigenvalue weighted by Gasteiger charge is -2.23. The molecular formula is C18H34N2. The third-order valence-corrected chi connectivity index (χ3v) is 4.05. The fourth-order valence-electron chi connectivity index (χ4n) is 2.57. The zero-order valence-corrected chi connectivity index (χ0v) is 14.0. The lowest BCUT2D eigenvalue weighted by Crippen LogP contribution is -2.31. The number of hydrogen-bond acceptors (Lipinski definition) is 2. The maximum absolute atomic E-state index is 2.50. The molecule has 2 rings (SSSR count). The minimum absolute atomic E-state index is 0.675. The van der Waals surface area contributed by atoms with Crippen LogP contribution in [0.1, 0.15) is 59.8 Å². The molecule has 0 aromatic heterocycles. The average molecular weight is 278 g/mol. The van der Waals surface area contributed by atoms with Crippen LogP contribution in [-0.2, 0) is 0 Å². The third kappa shape index (κ3) is 7.14. The zero-order chi connectivity index (χ0) is 14.8. The summed E-state index contributed by atoms with van der Waals surface area (Å²) in [6, 6.07) is 1.39. The van der Waals surface area contributed by atoms with Crippen LogP contribution in [0, 0.1) is 0 Å². The number of allylic oxidation sites excluding steroid dienone is 2. The Balaban J connectivity index is 0.000000200. The first-order valence-corrected chi connectivity index (χ1v) is 8.42. The normalized spacial score (nSPS) is 20.6. The maximum Gasteiger partial charge on any atom is 0.0227 e. The van der Waals surface area contributed by atoms with Crippen molar-refractivity contribution in [2.45, 2.75) is 71.9 Å². The van der Waals surface area contributed by atoms with Gasteiger partial charge in [0.05, 0.1) is 0 Å². The molecule has 2 heteroatoms. The molecule has 116 valence electrons. The van der Waals surface area contributed by atoms with E-state index >= 15 is 0 Å². The molecule has 0 saturated heterocycles. The molecule has 0 bridgehead atoms. The SMILES string of the molecule is CC(C)N1C=CCCCC1.CC(C)N1CC=CCCC1. The van der Waals surface area contributed by atoms with Gasteiger partial charge in [-0.3, -0.25) is 4.90 Å². The molecule has 0 amide bonds. The van der Waals surface area contributed by atoms with Gasteiger partial charge in [-0.25, -0.2) is 0 Å². The topological polar surface area (TPSA) is 6.48 Å². The molecule has 2 aliphatic rings. The third-order valence-electron chi connectivity index (χ3n) is 4.05. The fourth-order valence-corrected chi connectivity index (χ4v) is 2.57. The Kier molecular flexibility index (Phi) is 8.68. The summed E-state index contributed by atoms with van der Waals surface area (Å²) in [4.78, 5) is 4.91. The minimum atomic E-state index is 0.675. The first-order valence-electron chi connectivity index (χ1n) is 8.42. The van der Waals surface area contributed by atoms with Gasteiger partial charge < -0.3 is 4.90 Å². The number of hydrogen-bond donors (Lipinski definition) is 0. The van der Waals surface area contributed by atoms with Crippen molar-refractivity contribution in [3.05, 3.63) is 24.4 Å². The van der Waals surface area contributed by atoms with E-state index in [0.717, 1.165) is 6.54 Å². The minimum Gasteiger partial charge on any atom is -0.375 e. The van der Waals surface area contributed by atoms with Gasteiger partial charge >= 0.3 is 0 Å². The summed E-state index contributed by atoms with van der Waals surface area (Å²) in [6.45, 7) is 12.7. The monoisotopic (exact) mass is 278 g/mol. The number of nitrogens with zero attached hydrogens (tertiary/aromatic N) is 2. The second-order valence-corrected chi connectivity index (χ2v) is 6.41. The van der Waals surface area contributed by atoms with E-state index in [1.165, 1.54) is 45.2 Å². The van der Waals surface area contributed by atoms with Crippen molar-refractivity contribution >= 4 is 0 Å². The Labute approximate surface area is 126 Å². The van der Waals surface area contributed by atoms with Crippen LogP contribution in [-0.4, -0.2) is 41.5 Å². The van der Waals surface area contributed by atoms with Crippen molar-refractivity contribution in [2.24, 2.45) is 0 Å². The van der Waals surface area contributed by atoms with E-state index in [-0.39, 0.29) is 0 Å². The summed E-state index contributed by atoms with van der Waals surface area (Å²) in [5.41, 5.74) is 0. The van der Waals surface area contributed by atoms with Crippen LogP contribution in [0.5, 0.6) is 0 Å². The van der Waals surface area contributed by atoms with Gasteiger partial charge in [0.2, 0.25) is 0 Å². The molecule has 0 unspecified atom stereocenters. The Morgan fingerprint density at radius 2 is 1.50 bits per heavy atom. The lowest BCUT2D eigenvalue weighted by molar-refractivity contribution is 0.248. The lowest BCUT2D eigenvalue weighted by atomic mass is 10.2. The van der Waals surface area contributed by atoms with E-state index < -0.39 is 0 Å². The second kappa shape index (κ2) is 10.0.